The van der Waals surface area contributed by atoms with Gasteiger partial charge >= 0.3 is 13.2 Å². The number of ether oxygens (including phenoxy) is 1. The second-order valence-corrected chi connectivity index (χ2v) is 9.61. The van der Waals surface area contributed by atoms with Gasteiger partial charge in [0, 0.05) is 12.4 Å². The molecule has 1 aromatic carbocycles. The Morgan fingerprint density at radius 3 is 2.19 bits per heavy atom. The number of carbonyl (C=O) groups excluding carboxylic acids is 1. The molecule has 0 N–H and O–H groups in total. The summed E-state index contributed by atoms with van der Waals surface area (Å²) in [6.07, 6.45) is 0.533. The van der Waals surface area contributed by atoms with Crippen molar-refractivity contribution >= 4 is 13.2 Å². The monoisotopic (exact) mass is 373 g/mol. The highest BCUT2D eigenvalue weighted by molar-refractivity contribution is 6.48. The van der Waals surface area contributed by atoms with Crippen LogP contribution in [0.25, 0.3) is 0 Å². The van der Waals surface area contributed by atoms with E-state index in [1.54, 1.807) is 0 Å². The lowest BCUT2D eigenvalue weighted by Gasteiger charge is -2.32. The maximum Gasteiger partial charge on any atom is 0.463 e. The largest absolute Gasteiger partial charge is 0.463 e. The van der Waals surface area contributed by atoms with Gasteiger partial charge in [0.05, 0.1) is 17.2 Å². The summed E-state index contributed by atoms with van der Waals surface area (Å²) in [7, 11) is -0.354. The lowest BCUT2D eigenvalue weighted by Crippen LogP contribution is -2.41. The third kappa shape index (κ3) is 4.02. The summed E-state index contributed by atoms with van der Waals surface area (Å²) >= 11 is 0. The molecule has 0 radical (unpaired) electrons. The van der Waals surface area contributed by atoms with Gasteiger partial charge in [0.25, 0.3) is 0 Å². The SMILES string of the molecule is CC(C)(C)OC(=O)N1CCC(B2OC(C)(C)C(C)(C)O2)C1c1ccccc1. The molecule has 3 rings (SSSR count). The van der Waals surface area contributed by atoms with Gasteiger partial charge in [-0.05, 0) is 60.5 Å². The molecule has 0 aliphatic carbocycles. The lowest BCUT2D eigenvalue weighted by molar-refractivity contribution is 0.00578. The van der Waals surface area contributed by atoms with Gasteiger partial charge in [0.15, 0.2) is 0 Å². The first kappa shape index (κ1) is 20.2. The molecule has 0 saturated carbocycles. The molecule has 0 spiro atoms. The number of rotatable bonds is 2. The van der Waals surface area contributed by atoms with Crippen molar-refractivity contribution in [1.82, 2.24) is 4.90 Å². The van der Waals surface area contributed by atoms with Crippen LogP contribution in [-0.2, 0) is 14.0 Å². The van der Waals surface area contributed by atoms with Gasteiger partial charge in [-0.15, -0.1) is 0 Å². The Morgan fingerprint density at radius 2 is 1.67 bits per heavy atom. The molecule has 27 heavy (non-hydrogen) atoms. The van der Waals surface area contributed by atoms with Crippen LogP contribution in [0.2, 0.25) is 5.82 Å². The van der Waals surface area contributed by atoms with Crippen LogP contribution in [-0.4, -0.2) is 41.5 Å². The Labute approximate surface area is 163 Å². The smallest absolute Gasteiger partial charge is 0.444 e. The number of carbonyl (C=O) groups is 1. The average Bonchev–Trinajstić information content (AvgIpc) is 3.06. The fourth-order valence-corrected chi connectivity index (χ4v) is 3.77. The Balaban J connectivity index is 1.90. The summed E-state index contributed by atoms with van der Waals surface area (Å²) in [4.78, 5) is 14.7. The highest BCUT2D eigenvalue weighted by atomic mass is 16.7. The molecule has 2 heterocycles. The van der Waals surface area contributed by atoms with Crippen LogP contribution >= 0.6 is 0 Å². The highest BCUT2D eigenvalue weighted by Crippen LogP contribution is 2.49. The third-order valence-corrected chi connectivity index (χ3v) is 5.83. The number of hydrogen-bond acceptors (Lipinski definition) is 4. The summed E-state index contributed by atoms with van der Waals surface area (Å²) < 4.78 is 18.3. The van der Waals surface area contributed by atoms with Crippen LogP contribution in [0.3, 0.4) is 0 Å². The summed E-state index contributed by atoms with van der Waals surface area (Å²) in [5.74, 6) is 0.0565. The van der Waals surface area contributed by atoms with Crippen molar-refractivity contribution in [1.29, 1.82) is 0 Å². The number of likely N-dealkylation sites (tertiary alicyclic amines) is 1. The van der Waals surface area contributed by atoms with Crippen LogP contribution in [0.15, 0.2) is 30.3 Å². The molecule has 2 aliphatic rings. The van der Waals surface area contributed by atoms with Crippen molar-refractivity contribution in [3.8, 4) is 0 Å². The maximum absolute atomic E-state index is 12.9. The van der Waals surface area contributed by atoms with Gasteiger partial charge in [-0.25, -0.2) is 4.79 Å². The zero-order valence-corrected chi connectivity index (χ0v) is 17.6. The minimum Gasteiger partial charge on any atom is -0.444 e. The normalized spacial score (nSPS) is 27.1. The molecule has 2 unspecified atom stereocenters. The van der Waals surface area contributed by atoms with E-state index in [-0.39, 0.29) is 25.1 Å². The number of amides is 1. The fraction of sp³-hybridized carbons (Fsp3) is 0.667. The van der Waals surface area contributed by atoms with E-state index < -0.39 is 16.8 Å². The van der Waals surface area contributed by atoms with E-state index in [1.165, 1.54) is 0 Å². The predicted octanol–water partition coefficient (Wildman–Crippen LogP) is 4.83. The van der Waals surface area contributed by atoms with E-state index in [1.807, 2.05) is 43.9 Å². The predicted molar refractivity (Wildman–Crippen MR) is 107 cm³/mol. The number of hydrogen-bond donors (Lipinski definition) is 0. The van der Waals surface area contributed by atoms with E-state index in [0.29, 0.717) is 6.54 Å². The Morgan fingerprint density at radius 1 is 1.11 bits per heavy atom. The van der Waals surface area contributed by atoms with E-state index in [0.717, 1.165) is 12.0 Å². The van der Waals surface area contributed by atoms with Gasteiger partial charge in [-0.1, -0.05) is 30.3 Å². The molecule has 2 atom stereocenters. The second-order valence-electron chi connectivity index (χ2n) is 9.61. The first-order chi connectivity index (χ1) is 12.4. The standard InChI is InChI=1S/C21H32BNO4/c1-19(2,3)25-18(24)23-14-13-16(17(23)15-11-9-8-10-12-15)22-26-20(4,5)21(6,7)27-22/h8-12,16-17H,13-14H2,1-7H3. The van der Waals surface area contributed by atoms with Crippen molar-refractivity contribution in [2.45, 2.75) is 83.5 Å². The van der Waals surface area contributed by atoms with Crippen molar-refractivity contribution in [2.75, 3.05) is 6.54 Å². The van der Waals surface area contributed by atoms with Crippen LogP contribution < -0.4 is 0 Å². The molecule has 1 amide bonds. The Kier molecular flexibility index (Phi) is 5.11. The molecule has 2 saturated heterocycles. The molecular formula is C21H32BNO4. The molecule has 5 nitrogen and oxygen atoms in total. The molecule has 0 bridgehead atoms. The highest BCUT2D eigenvalue weighted by Gasteiger charge is 2.57. The molecule has 148 valence electrons. The summed E-state index contributed by atoms with van der Waals surface area (Å²) in [6, 6.07) is 9.98. The molecule has 0 aromatic heterocycles. The van der Waals surface area contributed by atoms with Crippen molar-refractivity contribution < 1.29 is 18.8 Å². The van der Waals surface area contributed by atoms with Crippen molar-refractivity contribution in [2.24, 2.45) is 0 Å². The second kappa shape index (κ2) is 6.82. The molecular weight excluding hydrogens is 341 g/mol. The quantitative estimate of drug-likeness (QED) is 0.697. The van der Waals surface area contributed by atoms with Gasteiger partial charge in [-0.2, -0.15) is 0 Å². The van der Waals surface area contributed by atoms with E-state index in [2.05, 4.69) is 39.8 Å². The first-order valence-corrected chi connectivity index (χ1v) is 9.81. The summed E-state index contributed by atoms with van der Waals surface area (Å²) in [5.41, 5.74) is -0.224. The van der Waals surface area contributed by atoms with Gasteiger partial charge in [0.2, 0.25) is 0 Å². The van der Waals surface area contributed by atoms with E-state index >= 15 is 0 Å². The van der Waals surface area contributed by atoms with E-state index in [9.17, 15) is 4.79 Å². The van der Waals surface area contributed by atoms with Crippen LogP contribution in [0.1, 0.15) is 66.5 Å². The van der Waals surface area contributed by atoms with Crippen LogP contribution in [0, 0.1) is 0 Å². The van der Waals surface area contributed by atoms with Gasteiger partial charge in [-0.3, -0.25) is 0 Å². The summed E-state index contributed by atoms with van der Waals surface area (Å²) in [6.45, 7) is 14.5. The summed E-state index contributed by atoms with van der Waals surface area (Å²) in [5, 5.41) is 0. The molecule has 2 aliphatic heterocycles. The molecule has 1 aromatic rings. The molecule has 6 heteroatoms. The third-order valence-electron chi connectivity index (χ3n) is 5.83. The van der Waals surface area contributed by atoms with Crippen LogP contribution in [0.4, 0.5) is 4.79 Å². The van der Waals surface area contributed by atoms with Crippen molar-refractivity contribution in [3.63, 3.8) is 0 Å². The van der Waals surface area contributed by atoms with Crippen molar-refractivity contribution in [3.05, 3.63) is 35.9 Å². The molecule has 2 fully saturated rings. The first-order valence-electron chi connectivity index (χ1n) is 9.81. The van der Waals surface area contributed by atoms with Crippen LogP contribution in [0.5, 0.6) is 0 Å². The Hall–Kier alpha value is -1.53. The lowest BCUT2D eigenvalue weighted by atomic mass is 9.66. The Bertz CT molecular complexity index is 667. The minimum atomic E-state index is -0.527. The number of nitrogens with zero attached hydrogens (tertiary/aromatic N) is 1. The van der Waals surface area contributed by atoms with E-state index in [4.69, 9.17) is 14.0 Å². The zero-order valence-electron chi connectivity index (χ0n) is 17.6. The average molecular weight is 373 g/mol. The number of benzene rings is 1. The zero-order chi connectivity index (χ0) is 20.0. The minimum absolute atomic E-state index is 0.0565. The maximum atomic E-state index is 12.9. The van der Waals surface area contributed by atoms with Gasteiger partial charge in [0.1, 0.15) is 5.60 Å². The topological polar surface area (TPSA) is 48.0 Å². The van der Waals surface area contributed by atoms with Gasteiger partial charge < -0.3 is 18.9 Å². The fourth-order valence-electron chi connectivity index (χ4n) is 3.77.